The smallest absolute Gasteiger partial charge is 0.116 e. The van der Waals surface area contributed by atoms with Crippen LogP contribution in [-0.2, 0) is 6.54 Å². The van der Waals surface area contributed by atoms with Crippen LogP contribution in [0.2, 0.25) is 0 Å². The van der Waals surface area contributed by atoms with Gasteiger partial charge in [0.05, 0.1) is 11.0 Å². The van der Waals surface area contributed by atoms with Crippen LogP contribution in [0.3, 0.4) is 0 Å². The Morgan fingerprint density at radius 1 is 1.04 bits per heavy atom. The normalized spacial score (nSPS) is 21.5. The molecule has 2 aromatic heterocycles. The summed E-state index contributed by atoms with van der Waals surface area (Å²) in [5.41, 5.74) is 7.97. The van der Waals surface area contributed by atoms with Crippen LogP contribution in [-0.4, -0.2) is 32.5 Å². The number of hydrogen-bond donors (Lipinski definition) is 0. The Morgan fingerprint density at radius 2 is 1.93 bits per heavy atom. The number of aryl methyl sites for hydroxylation is 1. The third kappa shape index (κ3) is 2.26. The molecule has 0 N–H and O–H groups in total. The fourth-order valence-corrected chi connectivity index (χ4v) is 5.06. The zero-order valence-corrected chi connectivity index (χ0v) is 15.5. The lowest BCUT2D eigenvalue weighted by molar-refractivity contribution is 0.220. The average molecular weight is 354 g/mol. The molecule has 0 saturated carbocycles. The van der Waals surface area contributed by atoms with Crippen molar-refractivity contribution in [2.75, 3.05) is 13.1 Å². The minimum atomic E-state index is 0.647. The maximum Gasteiger partial charge on any atom is 0.116 e. The fraction of sp³-hybridized carbons (Fsp3) is 0.304. The lowest BCUT2D eigenvalue weighted by atomic mass is 9.93. The average Bonchev–Trinajstić information content (AvgIpc) is 2.82. The second kappa shape index (κ2) is 5.64. The van der Waals surface area contributed by atoms with Gasteiger partial charge in [-0.2, -0.15) is 0 Å². The van der Waals surface area contributed by atoms with Gasteiger partial charge in [0.1, 0.15) is 6.33 Å². The summed E-state index contributed by atoms with van der Waals surface area (Å²) >= 11 is 0. The number of benzene rings is 2. The highest BCUT2D eigenvalue weighted by molar-refractivity contribution is 5.89. The number of piperidine rings is 1. The van der Waals surface area contributed by atoms with Crippen molar-refractivity contribution in [1.82, 2.24) is 19.4 Å². The van der Waals surface area contributed by atoms with Crippen LogP contribution in [0.15, 0.2) is 48.9 Å². The molecule has 4 heteroatoms. The highest BCUT2D eigenvalue weighted by Crippen LogP contribution is 2.42. The Hall–Kier alpha value is -2.72. The number of fused-ring (bicyclic) bond motifs is 4. The van der Waals surface area contributed by atoms with Crippen molar-refractivity contribution in [3.05, 3.63) is 65.7 Å². The first-order valence-electron chi connectivity index (χ1n) is 9.84. The number of rotatable bonds is 1. The third-order valence-electron chi connectivity index (χ3n) is 6.37. The Bertz CT molecular complexity index is 1180. The number of aromatic nitrogens is 3. The van der Waals surface area contributed by atoms with E-state index in [0.717, 1.165) is 17.4 Å². The first kappa shape index (κ1) is 15.3. The van der Waals surface area contributed by atoms with Crippen LogP contribution in [0, 0.1) is 6.92 Å². The summed E-state index contributed by atoms with van der Waals surface area (Å²) in [6.45, 7) is 5.72. The standard InChI is InChI=1S/C23H22N4/c1-15-2-5-22-19(10-15)20-13-26-8-6-16(7-9-26)23(20)27(22)18-3-4-21-17(11-18)12-24-14-25-21/h2-5,10-12,14,16H,6-9,13H2,1H3. The lowest BCUT2D eigenvalue weighted by Gasteiger charge is -2.27. The molecule has 0 radical (unpaired) electrons. The van der Waals surface area contributed by atoms with Gasteiger partial charge in [0.25, 0.3) is 0 Å². The molecule has 5 heterocycles. The van der Waals surface area contributed by atoms with E-state index in [-0.39, 0.29) is 0 Å². The molecular weight excluding hydrogens is 332 g/mol. The molecule has 3 aliphatic heterocycles. The second-order valence-corrected chi connectivity index (χ2v) is 8.04. The quantitative estimate of drug-likeness (QED) is 0.502. The van der Waals surface area contributed by atoms with E-state index in [9.17, 15) is 0 Å². The first-order chi connectivity index (χ1) is 13.3. The Labute approximate surface area is 158 Å². The van der Waals surface area contributed by atoms with Crippen molar-refractivity contribution in [2.45, 2.75) is 32.2 Å². The van der Waals surface area contributed by atoms with Crippen molar-refractivity contribution in [1.29, 1.82) is 0 Å². The largest absolute Gasteiger partial charge is 0.313 e. The van der Waals surface area contributed by atoms with E-state index in [0.29, 0.717) is 5.92 Å². The third-order valence-corrected chi connectivity index (χ3v) is 6.37. The molecular formula is C23H22N4. The van der Waals surface area contributed by atoms with Gasteiger partial charge in [-0.3, -0.25) is 4.90 Å². The summed E-state index contributed by atoms with van der Waals surface area (Å²) in [4.78, 5) is 11.2. The van der Waals surface area contributed by atoms with Crippen LogP contribution < -0.4 is 0 Å². The van der Waals surface area contributed by atoms with E-state index in [4.69, 9.17) is 0 Å². The summed E-state index contributed by atoms with van der Waals surface area (Å²) in [5.74, 6) is 0.647. The molecule has 1 fully saturated rings. The molecule has 0 spiro atoms. The molecule has 2 aromatic carbocycles. The lowest BCUT2D eigenvalue weighted by Crippen LogP contribution is -2.29. The summed E-state index contributed by atoms with van der Waals surface area (Å²) in [6, 6.07) is 13.5. The van der Waals surface area contributed by atoms with Crippen molar-refractivity contribution < 1.29 is 0 Å². The molecule has 4 aromatic rings. The van der Waals surface area contributed by atoms with Gasteiger partial charge >= 0.3 is 0 Å². The minimum absolute atomic E-state index is 0.647. The van der Waals surface area contributed by atoms with Crippen molar-refractivity contribution >= 4 is 21.8 Å². The first-order valence-corrected chi connectivity index (χ1v) is 9.84. The highest BCUT2D eigenvalue weighted by atomic mass is 15.1. The Balaban J connectivity index is 1.69. The van der Waals surface area contributed by atoms with Crippen LogP contribution in [0.5, 0.6) is 0 Å². The highest BCUT2D eigenvalue weighted by Gasteiger charge is 2.33. The molecule has 3 aliphatic rings. The van der Waals surface area contributed by atoms with E-state index in [2.05, 4.69) is 62.8 Å². The van der Waals surface area contributed by atoms with E-state index in [1.165, 1.54) is 59.3 Å². The molecule has 27 heavy (non-hydrogen) atoms. The van der Waals surface area contributed by atoms with Crippen molar-refractivity contribution in [2.24, 2.45) is 0 Å². The van der Waals surface area contributed by atoms with Crippen LogP contribution in [0.25, 0.3) is 27.5 Å². The van der Waals surface area contributed by atoms with Gasteiger partial charge in [-0.15, -0.1) is 0 Å². The summed E-state index contributed by atoms with van der Waals surface area (Å²) in [5, 5.41) is 2.52. The monoisotopic (exact) mass is 354 g/mol. The SMILES string of the molecule is Cc1ccc2c(c1)c1c(n2-c2ccc3ncncc3c2)C2CCN(CC2)C1. The molecule has 0 amide bonds. The zero-order valence-electron chi connectivity index (χ0n) is 15.5. The summed E-state index contributed by atoms with van der Waals surface area (Å²) in [6.07, 6.45) is 6.06. The number of hydrogen-bond acceptors (Lipinski definition) is 3. The van der Waals surface area contributed by atoms with E-state index in [1.807, 2.05) is 6.20 Å². The maximum atomic E-state index is 4.39. The molecule has 0 atom stereocenters. The van der Waals surface area contributed by atoms with Crippen molar-refractivity contribution in [3.63, 3.8) is 0 Å². The van der Waals surface area contributed by atoms with Gasteiger partial charge in [0.2, 0.25) is 0 Å². The minimum Gasteiger partial charge on any atom is -0.313 e. The summed E-state index contributed by atoms with van der Waals surface area (Å²) < 4.78 is 2.52. The Morgan fingerprint density at radius 3 is 2.81 bits per heavy atom. The summed E-state index contributed by atoms with van der Waals surface area (Å²) in [7, 11) is 0. The number of nitrogens with zero attached hydrogens (tertiary/aromatic N) is 4. The van der Waals surface area contributed by atoms with Crippen LogP contribution in [0.4, 0.5) is 0 Å². The molecule has 134 valence electrons. The molecule has 1 saturated heterocycles. The van der Waals surface area contributed by atoms with E-state index < -0.39 is 0 Å². The van der Waals surface area contributed by atoms with E-state index >= 15 is 0 Å². The van der Waals surface area contributed by atoms with Gasteiger partial charge in [0, 0.05) is 40.8 Å². The molecule has 7 rings (SSSR count). The topological polar surface area (TPSA) is 34.0 Å². The van der Waals surface area contributed by atoms with Crippen LogP contribution >= 0.6 is 0 Å². The predicted molar refractivity (Wildman–Crippen MR) is 108 cm³/mol. The van der Waals surface area contributed by atoms with Crippen molar-refractivity contribution in [3.8, 4) is 5.69 Å². The molecule has 0 aliphatic carbocycles. The van der Waals surface area contributed by atoms with Gasteiger partial charge in [-0.1, -0.05) is 11.6 Å². The van der Waals surface area contributed by atoms with Crippen LogP contribution in [0.1, 0.15) is 35.6 Å². The van der Waals surface area contributed by atoms with Gasteiger partial charge in [-0.05, 0) is 68.8 Å². The molecule has 2 bridgehead atoms. The fourth-order valence-electron chi connectivity index (χ4n) is 5.06. The van der Waals surface area contributed by atoms with E-state index in [1.54, 1.807) is 6.33 Å². The van der Waals surface area contributed by atoms with Gasteiger partial charge in [0.15, 0.2) is 0 Å². The van der Waals surface area contributed by atoms with Gasteiger partial charge < -0.3 is 4.57 Å². The predicted octanol–water partition coefficient (Wildman–Crippen LogP) is 4.58. The Kier molecular flexibility index (Phi) is 3.20. The zero-order chi connectivity index (χ0) is 18.0. The molecule has 0 unspecified atom stereocenters. The second-order valence-electron chi connectivity index (χ2n) is 8.04. The van der Waals surface area contributed by atoms with Gasteiger partial charge in [-0.25, -0.2) is 9.97 Å². The maximum absolute atomic E-state index is 4.39. The molecule has 4 nitrogen and oxygen atoms in total.